The van der Waals surface area contributed by atoms with Crippen LogP contribution in [0.5, 0.6) is 5.75 Å². The van der Waals surface area contributed by atoms with Gasteiger partial charge in [-0.15, -0.1) is 0 Å². The molecule has 1 fully saturated rings. The van der Waals surface area contributed by atoms with Crippen molar-refractivity contribution in [3.05, 3.63) is 24.3 Å². The Labute approximate surface area is 154 Å². The fraction of sp³-hybridized carbons (Fsp3) is 0.550. The largest absolute Gasteiger partial charge is 0.482 e. The van der Waals surface area contributed by atoms with Gasteiger partial charge >= 0.3 is 0 Å². The summed E-state index contributed by atoms with van der Waals surface area (Å²) in [4.78, 5) is 26.0. The van der Waals surface area contributed by atoms with Crippen LogP contribution in [0.15, 0.2) is 29.4 Å². The summed E-state index contributed by atoms with van der Waals surface area (Å²) < 4.78 is 5.40. The molecule has 0 aromatic heterocycles. The van der Waals surface area contributed by atoms with Crippen molar-refractivity contribution in [2.75, 3.05) is 18.1 Å². The standard InChI is InChI=1S/C20H27N3O3/c1-13(2)15-9-8-14(3)10-16(15)21-22-19(24)11-23-17-6-4-5-7-18(17)26-12-20(23)25/h4-7,13-15H,8-12H2,1-3H3,(H,22,24)/b21-16-/t14-,15-/m1/s1. The third kappa shape index (κ3) is 4.06. The number of fused-ring (bicyclic) bond motifs is 1. The van der Waals surface area contributed by atoms with E-state index in [9.17, 15) is 9.59 Å². The van der Waals surface area contributed by atoms with Crippen molar-refractivity contribution >= 4 is 23.2 Å². The summed E-state index contributed by atoms with van der Waals surface area (Å²) in [6.45, 7) is 6.50. The van der Waals surface area contributed by atoms with Crippen molar-refractivity contribution in [3.8, 4) is 5.75 Å². The van der Waals surface area contributed by atoms with Crippen LogP contribution in [0, 0.1) is 17.8 Å². The molecule has 1 N–H and O–H groups in total. The van der Waals surface area contributed by atoms with Gasteiger partial charge in [-0.25, -0.2) is 5.43 Å². The van der Waals surface area contributed by atoms with Crippen LogP contribution in [0.3, 0.4) is 0 Å². The van der Waals surface area contributed by atoms with Gasteiger partial charge in [0.05, 0.1) is 5.69 Å². The Kier molecular flexibility index (Phi) is 5.59. The maximum atomic E-state index is 12.4. The molecule has 140 valence electrons. The van der Waals surface area contributed by atoms with E-state index in [4.69, 9.17) is 4.74 Å². The Balaban J connectivity index is 1.68. The Morgan fingerprint density at radius 3 is 2.88 bits per heavy atom. The molecule has 6 heteroatoms. The van der Waals surface area contributed by atoms with E-state index >= 15 is 0 Å². The zero-order valence-electron chi connectivity index (χ0n) is 15.7. The Hall–Kier alpha value is -2.37. The molecule has 1 aromatic rings. The van der Waals surface area contributed by atoms with E-state index in [-0.39, 0.29) is 25.0 Å². The van der Waals surface area contributed by atoms with Crippen LogP contribution in [0.1, 0.15) is 40.0 Å². The summed E-state index contributed by atoms with van der Waals surface area (Å²) in [7, 11) is 0. The van der Waals surface area contributed by atoms with E-state index in [2.05, 4.69) is 31.3 Å². The van der Waals surface area contributed by atoms with E-state index in [1.165, 1.54) is 11.3 Å². The third-order valence-corrected chi connectivity index (χ3v) is 5.20. The number of hydrogen-bond acceptors (Lipinski definition) is 4. The molecule has 1 aliphatic carbocycles. The van der Waals surface area contributed by atoms with E-state index < -0.39 is 0 Å². The highest BCUT2D eigenvalue weighted by molar-refractivity contribution is 6.02. The van der Waals surface area contributed by atoms with Crippen LogP contribution in [-0.2, 0) is 9.59 Å². The number of amides is 2. The van der Waals surface area contributed by atoms with Crippen molar-refractivity contribution in [1.82, 2.24) is 5.43 Å². The van der Waals surface area contributed by atoms with E-state index in [1.54, 1.807) is 12.1 Å². The smallest absolute Gasteiger partial charge is 0.265 e. The fourth-order valence-corrected chi connectivity index (χ4v) is 3.73. The first kappa shape index (κ1) is 18.4. The van der Waals surface area contributed by atoms with Crippen molar-refractivity contribution in [2.24, 2.45) is 22.9 Å². The lowest BCUT2D eigenvalue weighted by molar-refractivity contribution is -0.125. The van der Waals surface area contributed by atoms with Crippen molar-refractivity contribution in [3.63, 3.8) is 0 Å². The molecular weight excluding hydrogens is 330 g/mol. The average molecular weight is 357 g/mol. The lowest BCUT2D eigenvalue weighted by atomic mass is 9.76. The Morgan fingerprint density at radius 2 is 2.12 bits per heavy atom. The normalized spacial score (nSPS) is 24.4. The highest BCUT2D eigenvalue weighted by Gasteiger charge is 2.29. The zero-order valence-corrected chi connectivity index (χ0v) is 15.7. The van der Waals surface area contributed by atoms with Crippen molar-refractivity contribution < 1.29 is 14.3 Å². The van der Waals surface area contributed by atoms with Crippen molar-refractivity contribution in [1.29, 1.82) is 0 Å². The van der Waals surface area contributed by atoms with Gasteiger partial charge in [-0.05, 0) is 43.2 Å². The SMILES string of the molecule is CC(C)[C@H]1CC[C@@H](C)C/C1=N/NC(=O)CN1C(=O)COc2ccccc21. The first-order valence-corrected chi connectivity index (χ1v) is 9.33. The molecule has 1 aromatic carbocycles. The molecule has 2 atom stereocenters. The topological polar surface area (TPSA) is 71.0 Å². The Bertz CT molecular complexity index is 714. The molecule has 1 aliphatic heterocycles. The number of benzene rings is 1. The molecule has 2 aliphatic rings. The highest BCUT2D eigenvalue weighted by atomic mass is 16.5. The van der Waals surface area contributed by atoms with Crippen LogP contribution < -0.4 is 15.1 Å². The van der Waals surface area contributed by atoms with Gasteiger partial charge in [0.2, 0.25) is 0 Å². The van der Waals surface area contributed by atoms with Crippen molar-refractivity contribution in [2.45, 2.75) is 40.0 Å². The molecule has 0 spiro atoms. The summed E-state index contributed by atoms with van der Waals surface area (Å²) in [5.41, 5.74) is 4.36. The quantitative estimate of drug-likeness (QED) is 0.842. The predicted octanol–water partition coefficient (Wildman–Crippen LogP) is 2.98. The minimum atomic E-state index is -0.289. The number of rotatable bonds is 4. The molecule has 0 saturated heterocycles. The molecule has 3 rings (SSSR count). The van der Waals surface area contributed by atoms with Gasteiger partial charge in [-0.2, -0.15) is 5.10 Å². The first-order valence-electron chi connectivity index (χ1n) is 9.33. The summed E-state index contributed by atoms with van der Waals surface area (Å²) >= 11 is 0. The third-order valence-electron chi connectivity index (χ3n) is 5.20. The highest BCUT2D eigenvalue weighted by Crippen LogP contribution is 2.32. The van der Waals surface area contributed by atoms with Gasteiger partial charge in [0.15, 0.2) is 6.61 Å². The van der Waals surface area contributed by atoms with Crippen LogP contribution in [0.2, 0.25) is 0 Å². The van der Waals surface area contributed by atoms with Crippen LogP contribution in [-0.4, -0.2) is 30.7 Å². The van der Waals surface area contributed by atoms with E-state index in [0.29, 0.717) is 29.2 Å². The fourth-order valence-electron chi connectivity index (χ4n) is 3.73. The van der Waals surface area contributed by atoms with Gasteiger partial charge in [0.1, 0.15) is 12.3 Å². The number of hydrazone groups is 1. The summed E-state index contributed by atoms with van der Waals surface area (Å²) in [6, 6.07) is 7.24. The van der Waals surface area contributed by atoms with E-state index in [0.717, 1.165) is 18.6 Å². The van der Waals surface area contributed by atoms with Crippen LogP contribution in [0.4, 0.5) is 5.69 Å². The summed E-state index contributed by atoms with van der Waals surface area (Å²) in [6.07, 6.45) is 3.24. The molecule has 26 heavy (non-hydrogen) atoms. The molecule has 2 amide bonds. The monoisotopic (exact) mass is 357 g/mol. The number of carbonyl (C=O) groups excluding carboxylic acids is 2. The lowest BCUT2D eigenvalue weighted by Crippen LogP contribution is -2.44. The van der Waals surface area contributed by atoms with E-state index in [1.807, 2.05) is 12.1 Å². The van der Waals surface area contributed by atoms with Crippen LogP contribution in [0.25, 0.3) is 0 Å². The van der Waals surface area contributed by atoms with Gasteiger partial charge in [0.25, 0.3) is 11.8 Å². The second kappa shape index (κ2) is 7.89. The molecule has 0 bridgehead atoms. The molecule has 1 heterocycles. The van der Waals surface area contributed by atoms with Gasteiger partial charge in [-0.1, -0.05) is 32.9 Å². The molecule has 6 nitrogen and oxygen atoms in total. The molecule has 0 radical (unpaired) electrons. The predicted molar refractivity (Wildman–Crippen MR) is 101 cm³/mol. The number of nitrogens with one attached hydrogen (secondary N) is 1. The number of ether oxygens (including phenoxy) is 1. The number of anilines is 1. The second-order valence-electron chi connectivity index (χ2n) is 7.61. The number of carbonyl (C=O) groups is 2. The molecule has 0 unspecified atom stereocenters. The molecular formula is C20H27N3O3. The Morgan fingerprint density at radius 1 is 1.35 bits per heavy atom. The second-order valence-corrected chi connectivity index (χ2v) is 7.61. The average Bonchev–Trinajstić information content (AvgIpc) is 2.62. The van der Waals surface area contributed by atoms with Crippen LogP contribution >= 0.6 is 0 Å². The maximum absolute atomic E-state index is 12.4. The van der Waals surface area contributed by atoms with Gasteiger partial charge in [-0.3, -0.25) is 14.5 Å². The molecule has 1 saturated carbocycles. The number of hydrogen-bond donors (Lipinski definition) is 1. The van der Waals surface area contributed by atoms with Gasteiger partial charge < -0.3 is 4.74 Å². The first-order chi connectivity index (χ1) is 12.5. The summed E-state index contributed by atoms with van der Waals surface area (Å²) in [5, 5.41) is 4.43. The minimum Gasteiger partial charge on any atom is -0.482 e. The number of para-hydroxylation sites is 2. The maximum Gasteiger partial charge on any atom is 0.265 e. The van der Waals surface area contributed by atoms with Gasteiger partial charge in [0, 0.05) is 11.6 Å². The summed E-state index contributed by atoms with van der Waals surface area (Å²) in [5.74, 6) is 1.62. The zero-order chi connectivity index (χ0) is 18.7. The minimum absolute atomic E-state index is 0.0499. The number of nitrogens with zero attached hydrogens (tertiary/aromatic N) is 2. The lowest BCUT2D eigenvalue weighted by Gasteiger charge is -2.31.